The van der Waals surface area contributed by atoms with Crippen molar-refractivity contribution in [3.8, 4) is 0 Å². The molecular weight excluding hydrogens is 288 g/mol. The summed E-state index contributed by atoms with van der Waals surface area (Å²) in [6, 6.07) is 3.53. The van der Waals surface area contributed by atoms with Crippen LogP contribution in [0.25, 0.3) is 0 Å². The molecule has 10 heteroatoms. The van der Waals surface area contributed by atoms with Crippen LogP contribution < -0.4 is 16.0 Å². The predicted molar refractivity (Wildman–Crippen MR) is 72.6 cm³/mol. The summed E-state index contributed by atoms with van der Waals surface area (Å²) < 4.78 is 31.1. The molecule has 0 aromatic heterocycles. The van der Waals surface area contributed by atoms with Crippen LogP contribution in [0.2, 0.25) is 0 Å². The lowest BCUT2D eigenvalue weighted by Crippen LogP contribution is -2.26. The van der Waals surface area contributed by atoms with Gasteiger partial charge in [0.2, 0.25) is 10.0 Å². The molecule has 0 saturated heterocycles. The molecule has 1 aromatic rings. The molecule has 0 aliphatic carbocycles. The van der Waals surface area contributed by atoms with E-state index in [1.165, 1.54) is 13.2 Å². The van der Waals surface area contributed by atoms with Gasteiger partial charge in [-0.3, -0.25) is 16.0 Å². The van der Waals surface area contributed by atoms with Crippen LogP contribution in [0, 0.1) is 10.1 Å². The van der Waals surface area contributed by atoms with E-state index in [0.29, 0.717) is 13.0 Å². The van der Waals surface area contributed by atoms with E-state index >= 15 is 0 Å². The monoisotopic (exact) mass is 304 g/mol. The zero-order valence-electron chi connectivity index (χ0n) is 10.8. The molecule has 0 saturated carbocycles. The summed E-state index contributed by atoms with van der Waals surface area (Å²) >= 11 is 0. The van der Waals surface area contributed by atoms with Gasteiger partial charge < -0.3 is 10.2 Å². The van der Waals surface area contributed by atoms with E-state index in [1.54, 1.807) is 0 Å². The number of nitrogens with one attached hydrogen (secondary N) is 2. The molecule has 112 valence electrons. The standard InChI is InChI=1S/C10H16N4O5S/c1-19-6-2-5-12-20(17,18)10-4-3-8(13-11)7-9(10)14(15)16/h3-4,7,12-13H,2,5-6,11H2,1H3. The molecule has 0 aliphatic heterocycles. The molecule has 0 heterocycles. The molecule has 0 spiro atoms. The van der Waals surface area contributed by atoms with Gasteiger partial charge in [-0.25, -0.2) is 13.1 Å². The molecule has 0 amide bonds. The van der Waals surface area contributed by atoms with Crippen LogP contribution in [0.3, 0.4) is 0 Å². The maximum absolute atomic E-state index is 12.0. The second-order valence-corrected chi connectivity index (χ2v) is 5.56. The molecular formula is C10H16N4O5S. The van der Waals surface area contributed by atoms with Gasteiger partial charge in [-0.05, 0) is 18.6 Å². The van der Waals surface area contributed by atoms with Crippen molar-refractivity contribution in [3.05, 3.63) is 28.3 Å². The summed E-state index contributed by atoms with van der Waals surface area (Å²) in [5.74, 6) is 5.14. The third-order valence-electron chi connectivity index (χ3n) is 2.43. The number of ether oxygens (including phenoxy) is 1. The summed E-state index contributed by atoms with van der Waals surface area (Å²) in [7, 11) is -2.46. The first-order valence-corrected chi connectivity index (χ1v) is 7.14. The third kappa shape index (κ3) is 4.13. The highest BCUT2D eigenvalue weighted by Gasteiger charge is 2.25. The Labute approximate surface area is 116 Å². The van der Waals surface area contributed by atoms with Crippen LogP contribution in [0.15, 0.2) is 23.1 Å². The van der Waals surface area contributed by atoms with Gasteiger partial charge in [-0.2, -0.15) is 0 Å². The number of nitro benzene ring substituents is 1. The van der Waals surface area contributed by atoms with Gasteiger partial charge >= 0.3 is 0 Å². The van der Waals surface area contributed by atoms with E-state index in [9.17, 15) is 18.5 Å². The number of hydrogen-bond acceptors (Lipinski definition) is 7. The van der Waals surface area contributed by atoms with Gasteiger partial charge in [0.1, 0.15) is 0 Å². The SMILES string of the molecule is COCCCNS(=O)(=O)c1ccc(NN)cc1[N+](=O)[O-]. The van der Waals surface area contributed by atoms with Crippen molar-refractivity contribution in [1.82, 2.24) is 4.72 Å². The number of hydrogen-bond donors (Lipinski definition) is 3. The Hall–Kier alpha value is -1.75. The number of nitrogens with two attached hydrogens (primary N) is 1. The van der Waals surface area contributed by atoms with Gasteiger partial charge in [0.25, 0.3) is 5.69 Å². The molecule has 4 N–H and O–H groups in total. The van der Waals surface area contributed by atoms with E-state index in [-0.39, 0.29) is 12.2 Å². The fourth-order valence-electron chi connectivity index (χ4n) is 1.48. The summed E-state index contributed by atoms with van der Waals surface area (Å²) in [4.78, 5) is 9.76. The highest BCUT2D eigenvalue weighted by molar-refractivity contribution is 7.89. The summed E-state index contributed by atoms with van der Waals surface area (Å²) in [6.45, 7) is 0.519. The van der Waals surface area contributed by atoms with Gasteiger partial charge in [0.15, 0.2) is 4.90 Å². The van der Waals surface area contributed by atoms with Crippen molar-refractivity contribution in [1.29, 1.82) is 0 Å². The molecule has 0 aliphatic rings. The van der Waals surface area contributed by atoms with Crippen molar-refractivity contribution < 1.29 is 18.1 Å². The average molecular weight is 304 g/mol. The predicted octanol–water partition coefficient (Wildman–Crippen LogP) is 0.195. The largest absolute Gasteiger partial charge is 0.385 e. The highest BCUT2D eigenvalue weighted by atomic mass is 32.2. The van der Waals surface area contributed by atoms with Crippen molar-refractivity contribution >= 4 is 21.4 Å². The smallest absolute Gasteiger partial charge is 0.291 e. The van der Waals surface area contributed by atoms with Gasteiger partial charge in [0.05, 0.1) is 10.6 Å². The Morgan fingerprint density at radius 1 is 1.45 bits per heavy atom. The Kier molecular flexibility index (Phi) is 5.82. The van der Waals surface area contributed by atoms with Crippen LogP contribution in [0.5, 0.6) is 0 Å². The Morgan fingerprint density at radius 2 is 2.15 bits per heavy atom. The first kappa shape index (κ1) is 16.3. The minimum atomic E-state index is -3.96. The second-order valence-electron chi connectivity index (χ2n) is 3.83. The first-order valence-electron chi connectivity index (χ1n) is 5.66. The molecule has 0 atom stereocenters. The number of benzene rings is 1. The third-order valence-corrected chi connectivity index (χ3v) is 3.94. The molecule has 1 rings (SSSR count). The Bertz CT molecular complexity index is 575. The number of anilines is 1. The molecule has 0 radical (unpaired) electrons. The average Bonchev–Trinajstić information content (AvgIpc) is 2.42. The fourth-order valence-corrected chi connectivity index (χ4v) is 2.70. The number of sulfonamides is 1. The van der Waals surface area contributed by atoms with Crippen molar-refractivity contribution in [2.75, 3.05) is 25.7 Å². The van der Waals surface area contributed by atoms with Gasteiger partial charge in [-0.1, -0.05) is 0 Å². The number of nitro groups is 1. The summed E-state index contributed by atoms with van der Waals surface area (Å²) in [5, 5.41) is 10.9. The van der Waals surface area contributed by atoms with Crippen molar-refractivity contribution in [2.45, 2.75) is 11.3 Å². The maximum Gasteiger partial charge on any atom is 0.291 e. The van der Waals surface area contributed by atoms with Crippen molar-refractivity contribution in [3.63, 3.8) is 0 Å². The van der Waals surface area contributed by atoms with E-state index in [4.69, 9.17) is 10.6 Å². The van der Waals surface area contributed by atoms with Crippen LogP contribution >= 0.6 is 0 Å². The van der Waals surface area contributed by atoms with E-state index in [0.717, 1.165) is 12.1 Å². The Morgan fingerprint density at radius 3 is 2.70 bits per heavy atom. The molecule has 0 bridgehead atoms. The van der Waals surface area contributed by atoms with Crippen LogP contribution in [-0.2, 0) is 14.8 Å². The fraction of sp³-hybridized carbons (Fsp3) is 0.400. The quantitative estimate of drug-likeness (QED) is 0.270. The minimum Gasteiger partial charge on any atom is -0.385 e. The zero-order chi connectivity index (χ0) is 15.2. The topological polar surface area (TPSA) is 137 Å². The molecule has 1 aromatic carbocycles. The summed E-state index contributed by atoms with van der Waals surface area (Å²) in [5.41, 5.74) is 1.93. The lowest BCUT2D eigenvalue weighted by atomic mass is 10.3. The number of hydrazine groups is 1. The number of nitrogens with zero attached hydrogens (tertiary/aromatic N) is 1. The molecule has 9 nitrogen and oxygen atoms in total. The molecule has 0 unspecified atom stereocenters. The molecule has 20 heavy (non-hydrogen) atoms. The van der Waals surface area contributed by atoms with Crippen LogP contribution in [0.4, 0.5) is 11.4 Å². The summed E-state index contributed by atoms with van der Waals surface area (Å²) in [6.07, 6.45) is 0.464. The van der Waals surface area contributed by atoms with Crippen LogP contribution in [0.1, 0.15) is 6.42 Å². The van der Waals surface area contributed by atoms with Crippen LogP contribution in [-0.4, -0.2) is 33.6 Å². The lowest BCUT2D eigenvalue weighted by molar-refractivity contribution is -0.387. The minimum absolute atomic E-state index is 0.129. The van der Waals surface area contributed by atoms with Gasteiger partial charge in [0, 0.05) is 26.3 Å². The van der Waals surface area contributed by atoms with Crippen molar-refractivity contribution in [2.24, 2.45) is 5.84 Å². The number of rotatable bonds is 8. The number of nitrogen functional groups attached to an aromatic ring is 1. The number of methoxy groups -OCH3 is 1. The zero-order valence-corrected chi connectivity index (χ0v) is 11.6. The maximum atomic E-state index is 12.0. The van der Waals surface area contributed by atoms with E-state index in [1.807, 2.05) is 0 Å². The molecule has 0 fully saturated rings. The Balaban J connectivity index is 3.02. The van der Waals surface area contributed by atoms with Gasteiger partial charge in [-0.15, -0.1) is 0 Å². The highest BCUT2D eigenvalue weighted by Crippen LogP contribution is 2.26. The normalized spacial score (nSPS) is 11.3. The van der Waals surface area contributed by atoms with E-state index < -0.39 is 25.5 Å². The lowest BCUT2D eigenvalue weighted by Gasteiger charge is -2.08. The first-order chi connectivity index (χ1) is 9.42. The van der Waals surface area contributed by atoms with E-state index in [2.05, 4.69) is 10.1 Å². The second kappa shape index (κ2) is 7.14.